The van der Waals surface area contributed by atoms with Crippen molar-refractivity contribution in [3.63, 3.8) is 0 Å². The summed E-state index contributed by atoms with van der Waals surface area (Å²) in [6.45, 7) is 3.85. The van der Waals surface area contributed by atoms with Crippen LogP contribution in [0.5, 0.6) is 0 Å². The Bertz CT molecular complexity index is 312. The van der Waals surface area contributed by atoms with Gasteiger partial charge in [-0.25, -0.2) is 0 Å². The van der Waals surface area contributed by atoms with Gasteiger partial charge in [-0.2, -0.15) is 0 Å². The van der Waals surface area contributed by atoms with Gasteiger partial charge in [0.05, 0.1) is 5.60 Å². The maximum atomic E-state index is 10.4. The molecule has 0 bridgehead atoms. The summed E-state index contributed by atoms with van der Waals surface area (Å²) in [5.41, 5.74) is -0.463. The molecule has 1 aliphatic rings. The maximum absolute atomic E-state index is 10.4. The highest BCUT2D eigenvalue weighted by Gasteiger charge is 2.31. The summed E-state index contributed by atoms with van der Waals surface area (Å²) in [6.07, 6.45) is 4.34. The molecule has 1 fully saturated rings. The third-order valence-electron chi connectivity index (χ3n) is 3.40. The lowest BCUT2D eigenvalue weighted by Gasteiger charge is -2.35. The van der Waals surface area contributed by atoms with Crippen LogP contribution < -0.4 is 5.32 Å². The monoisotopic (exact) mass is 239 g/mol. The summed E-state index contributed by atoms with van der Waals surface area (Å²) < 4.78 is 0. The molecule has 0 amide bonds. The minimum atomic E-state index is -0.463. The number of hydrogen-bond donors (Lipinski definition) is 2. The van der Waals surface area contributed by atoms with Crippen LogP contribution in [-0.2, 0) is 6.54 Å². The van der Waals surface area contributed by atoms with E-state index >= 15 is 0 Å². The minimum Gasteiger partial charge on any atom is -0.389 e. The molecular formula is C13H21NOS. The van der Waals surface area contributed by atoms with Crippen LogP contribution in [0.25, 0.3) is 0 Å². The molecule has 0 saturated heterocycles. The van der Waals surface area contributed by atoms with Crippen LogP contribution in [0.15, 0.2) is 17.5 Å². The summed E-state index contributed by atoms with van der Waals surface area (Å²) in [7, 11) is 0. The fourth-order valence-electron chi connectivity index (χ4n) is 2.62. The van der Waals surface area contributed by atoms with Crippen molar-refractivity contribution < 1.29 is 5.11 Å². The lowest BCUT2D eigenvalue weighted by Crippen LogP contribution is -2.43. The number of rotatable bonds is 4. The molecule has 0 spiro atoms. The molecule has 1 aromatic heterocycles. The van der Waals surface area contributed by atoms with Crippen molar-refractivity contribution in [2.45, 2.75) is 44.8 Å². The smallest absolute Gasteiger partial charge is 0.0774 e. The molecular weight excluding hydrogens is 218 g/mol. The highest BCUT2D eigenvalue weighted by Crippen LogP contribution is 2.31. The summed E-state index contributed by atoms with van der Waals surface area (Å²) in [5.74, 6) is 0.669. The van der Waals surface area contributed by atoms with Crippen molar-refractivity contribution in [2.24, 2.45) is 5.92 Å². The van der Waals surface area contributed by atoms with Crippen molar-refractivity contribution in [1.29, 1.82) is 0 Å². The van der Waals surface area contributed by atoms with Gasteiger partial charge in [-0.1, -0.05) is 25.8 Å². The second-order valence-electron chi connectivity index (χ2n) is 5.11. The molecule has 16 heavy (non-hydrogen) atoms. The maximum Gasteiger partial charge on any atom is 0.0774 e. The quantitative estimate of drug-likeness (QED) is 0.847. The topological polar surface area (TPSA) is 32.3 Å². The summed E-state index contributed by atoms with van der Waals surface area (Å²) in [6, 6.07) is 4.20. The average molecular weight is 239 g/mol. The van der Waals surface area contributed by atoms with Crippen LogP contribution in [0.2, 0.25) is 0 Å². The molecule has 90 valence electrons. The Morgan fingerprint density at radius 3 is 3.19 bits per heavy atom. The van der Waals surface area contributed by atoms with Gasteiger partial charge in [-0.05, 0) is 30.2 Å². The van der Waals surface area contributed by atoms with Gasteiger partial charge in [-0.3, -0.25) is 0 Å². The zero-order valence-corrected chi connectivity index (χ0v) is 10.7. The predicted molar refractivity (Wildman–Crippen MR) is 68.6 cm³/mol. The second kappa shape index (κ2) is 5.30. The molecule has 1 heterocycles. The first-order chi connectivity index (χ1) is 7.68. The van der Waals surface area contributed by atoms with Crippen LogP contribution in [0, 0.1) is 5.92 Å². The minimum absolute atomic E-state index is 0.463. The van der Waals surface area contributed by atoms with E-state index in [0.29, 0.717) is 5.92 Å². The van der Waals surface area contributed by atoms with E-state index in [4.69, 9.17) is 0 Å². The fourth-order valence-corrected chi connectivity index (χ4v) is 3.30. The van der Waals surface area contributed by atoms with Crippen molar-refractivity contribution in [3.8, 4) is 0 Å². The van der Waals surface area contributed by atoms with Crippen LogP contribution >= 0.6 is 11.3 Å². The number of hydrogen-bond acceptors (Lipinski definition) is 3. The number of thiophene rings is 1. The number of aliphatic hydroxyl groups is 1. The lowest BCUT2D eigenvalue weighted by molar-refractivity contribution is -0.0118. The first-order valence-corrected chi connectivity index (χ1v) is 7.01. The van der Waals surface area contributed by atoms with E-state index < -0.39 is 5.60 Å². The summed E-state index contributed by atoms with van der Waals surface area (Å²) in [5, 5.41) is 15.9. The number of nitrogens with one attached hydrogen (secondary N) is 1. The first kappa shape index (κ1) is 12.1. The van der Waals surface area contributed by atoms with Gasteiger partial charge < -0.3 is 10.4 Å². The summed E-state index contributed by atoms with van der Waals surface area (Å²) in [4.78, 5) is 1.34. The normalized spacial score (nSPS) is 30.5. The van der Waals surface area contributed by atoms with Gasteiger partial charge in [0.2, 0.25) is 0 Å². The van der Waals surface area contributed by atoms with Gasteiger partial charge in [0.25, 0.3) is 0 Å². The van der Waals surface area contributed by atoms with E-state index in [9.17, 15) is 5.11 Å². The molecule has 1 aliphatic carbocycles. The van der Waals surface area contributed by atoms with Crippen molar-refractivity contribution >= 4 is 11.3 Å². The largest absolute Gasteiger partial charge is 0.389 e. The van der Waals surface area contributed by atoms with E-state index in [1.165, 1.54) is 17.7 Å². The second-order valence-corrected chi connectivity index (χ2v) is 6.14. The first-order valence-electron chi connectivity index (χ1n) is 6.13. The zero-order chi connectivity index (χ0) is 11.4. The van der Waals surface area contributed by atoms with Gasteiger partial charge in [0.15, 0.2) is 0 Å². The molecule has 2 N–H and O–H groups in total. The highest BCUT2D eigenvalue weighted by atomic mass is 32.1. The molecule has 3 heteroatoms. The summed E-state index contributed by atoms with van der Waals surface area (Å²) >= 11 is 1.76. The molecule has 0 radical (unpaired) electrons. The molecule has 2 unspecified atom stereocenters. The van der Waals surface area contributed by atoms with E-state index in [1.807, 2.05) is 0 Å². The molecule has 2 rings (SSSR count). The van der Waals surface area contributed by atoms with E-state index in [2.05, 4.69) is 29.8 Å². The van der Waals surface area contributed by atoms with Crippen molar-refractivity contribution in [1.82, 2.24) is 5.32 Å². The Hall–Kier alpha value is -0.380. The fraction of sp³-hybridized carbons (Fsp3) is 0.692. The molecule has 0 aromatic carbocycles. The average Bonchev–Trinajstić information content (AvgIpc) is 2.69. The van der Waals surface area contributed by atoms with Crippen molar-refractivity contribution in [3.05, 3.63) is 22.4 Å². The molecule has 1 saturated carbocycles. The SMILES string of the molecule is CC1CCCC(O)(CNCc2cccs2)C1. The van der Waals surface area contributed by atoms with Crippen LogP contribution in [0.4, 0.5) is 0 Å². The van der Waals surface area contributed by atoms with Gasteiger partial charge in [-0.15, -0.1) is 11.3 Å². The Balaban J connectivity index is 1.76. The third-order valence-corrected chi connectivity index (χ3v) is 4.28. The van der Waals surface area contributed by atoms with Crippen LogP contribution in [0.3, 0.4) is 0 Å². The molecule has 1 aromatic rings. The Morgan fingerprint density at radius 2 is 2.50 bits per heavy atom. The van der Waals surface area contributed by atoms with Crippen LogP contribution in [-0.4, -0.2) is 17.3 Å². The Kier molecular flexibility index (Phi) is 4.00. The zero-order valence-electron chi connectivity index (χ0n) is 9.91. The van der Waals surface area contributed by atoms with E-state index in [0.717, 1.165) is 25.9 Å². The van der Waals surface area contributed by atoms with E-state index in [1.54, 1.807) is 11.3 Å². The molecule has 0 aliphatic heterocycles. The van der Waals surface area contributed by atoms with Gasteiger partial charge >= 0.3 is 0 Å². The Labute approximate surface area is 102 Å². The predicted octanol–water partition coefficient (Wildman–Crippen LogP) is 2.78. The van der Waals surface area contributed by atoms with Crippen LogP contribution in [0.1, 0.15) is 37.5 Å². The molecule has 2 nitrogen and oxygen atoms in total. The highest BCUT2D eigenvalue weighted by molar-refractivity contribution is 7.09. The third kappa shape index (κ3) is 3.30. The standard InChI is InChI=1S/C13H21NOS/c1-11-4-2-6-13(15,8-11)10-14-9-12-5-3-7-16-12/h3,5,7,11,14-15H,2,4,6,8-10H2,1H3. The van der Waals surface area contributed by atoms with Gasteiger partial charge in [0, 0.05) is 18.0 Å². The van der Waals surface area contributed by atoms with E-state index in [-0.39, 0.29) is 0 Å². The van der Waals surface area contributed by atoms with Gasteiger partial charge in [0.1, 0.15) is 0 Å². The van der Waals surface area contributed by atoms with Crippen molar-refractivity contribution in [2.75, 3.05) is 6.54 Å². The lowest BCUT2D eigenvalue weighted by atomic mass is 9.79. The molecule has 2 atom stereocenters. The Morgan fingerprint density at radius 1 is 1.62 bits per heavy atom.